The molecule has 1 aliphatic carbocycles. The molecule has 4 heteroatoms. The molecule has 0 fully saturated rings. The van der Waals surface area contributed by atoms with E-state index < -0.39 is 0 Å². The topological polar surface area (TPSA) is 52.6 Å². The Morgan fingerprint density at radius 2 is 1.65 bits per heavy atom. The van der Waals surface area contributed by atoms with Gasteiger partial charge in [0.2, 0.25) is 0 Å². The third-order valence-electron chi connectivity index (χ3n) is 4.62. The van der Waals surface area contributed by atoms with Crippen LogP contribution in [0.2, 0.25) is 0 Å². The number of ether oxygens (including phenoxy) is 2. The Balaban J connectivity index is 1.88. The van der Waals surface area contributed by atoms with Crippen LogP contribution >= 0.6 is 0 Å². The van der Waals surface area contributed by atoms with Crippen molar-refractivity contribution in [3.05, 3.63) is 64.7 Å². The van der Waals surface area contributed by atoms with Crippen molar-refractivity contribution in [3.63, 3.8) is 0 Å². The van der Waals surface area contributed by atoms with Gasteiger partial charge in [0.25, 0.3) is 0 Å². The number of benzene rings is 2. The van der Waals surface area contributed by atoms with Crippen molar-refractivity contribution in [3.8, 4) is 11.5 Å². The Morgan fingerprint density at radius 1 is 1.00 bits per heavy atom. The van der Waals surface area contributed by atoms with E-state index in [-0.39, 0.29) is 17.1 Å². The summed E-state index contributed by atoms with van der Waals surface area (Å²) < 4.78 is 11.2. The van der Waals surface area contributed by atoms with Gasteiger partial charge in [-0.2, -0.15) is 0 Å². The van der Waals surface area contributed by atoms with Crippen LogP contribution in [0.5, 0.6) is 11.5 Å². The Labute approximate surface area is 153 Å². The summed E-state index contributed by atoms with van der Waals surface area (Å²) in [6.45, 7) is 4.86. The zero-order valence-electron chi connectivity index (χ0n) is 15.2. The molecule has 134 valence electrons. The van der Waals surface area contributed by atoms with Crippen molar-refractivity contribution in [2.24, 2.45) is 5.92 Å². The summed E-state index contributed by atoms with van der Waals surface area (Å²) in [5.41, 5.74) is 1.83. The van der Waals surface area contributed by atoms with Crippen LogP contribution in [-0.4, -0.2) is 25.3 Å². The molecule has 26 heavy (non-hydrogen) atoms. The molecule has 0 saturated heterocycles. The lowest BCUT2D eigenvalue weighted by Crippen LogP contribution is -2.08. The monoisotopic (exact) mass is 350 g/mol. The second-order valence-corrected chi connectivity index (χ2v) is 6.50. The maximum absolute atomic E-state index is 12.5. The fraction of sp³-hybridized carbons (Fsp3) is 0.273. The van der Waals surface area contributed by atoms with Gasteiger partial charge in [0.1, 0.15) is 0 Å². The van der Waals surface area contributed by atoms with E-state index in [4.69, 9.17) is 9.47 Å². The van der Waals surface area contributed by atoms with E-state index >= 15 is 0 Å². The predicted octanol–water partition coefficient (Wildman–Crippen LogP) is 4.58. The Kier molecular flexibility index (Phi) is 5.21. The van der Waals surface area contributed by atoms with Crippen molar-refractivity contribution < 1.29 is 19.1 Å². The normalized spacial score (nSPS) is 14.2. The zero-order valence-corrected chi connectivity index (χ0v) is 15.2. The van der Waals surface area contributed by atoms with Crippen LogP contribution in [0.4, 0.5) is 0 Å². The van der Waals surface area contributed by atoms with Crippen LogP contribution in [-0.2, 0) is 0 Å². The first-order chi connectivity index (χ1) is 12.5. The third kappa shape index (κ3) is 3.40. The van der Waals surface area contributed by atoms with Crippen LogP contribution < -0.4 is 9.47 Å². The number of ketones is 2. The van der Waals surface area contributed by atoms with Gasteiger partial charge in [-0.3, -0.25) is 9.59 Å². The van der Waals surface area contributed by atoms with Crippen molar-refractivity contribution >= 4 is 17.6 Å². The van der Waals surface area contributed by atoms with E-state index in [2.05, 4.69) is 13.8 Å². The molecular formula is C22H22O4. The summed E-state index contributed by atoms with van der Waals surface area (Å²) in [4.78, 5) is 25.0. The zero-order chi connectivity index (χ0) is 18.7. The molecule has 1 atom stereocenters. The minimum atomic E-state index is -0.235. The smallest absolute Gasteiger partial charge is 0.197 e. The van der Waals surface area contributed by atoms with E-state index in [0.29, 0.717) is 35.2 Å². The second-order valence-electron chi connectivity index (χ2n) is 6.50. The van der Waals surface area contributed by atoms with Gasteiger partial charge >= 0.3 is 0 Å². The van der Waals surface area contributed by atoms with E-state index in [1.807, 2.05) is 12.1 Å². The molecule has 0 aromatic heterocycles. The van der Waals surface area contributed by atoms with Crippen molar-refractivity contribution in [1.82, 2.24) is 0 Å². The van der Waals surface area contributed by atoms with Gasteiger partial charge in [-0.15, -0.1) is 0 Å². The number of carbonyl (C=O) groups excluding carboxylic acids is 2. The molecule has 0 bridgehead atoms. The van der Waals surface area contributed by atoms with Crippen molar-refractivity contribution in [2.75, 3.05) is 13.7 Å². The van der Waals surface area contributed by atoms with E-state index in [1.54, 1.807) is 43.5 Å². The van der Waals surface area contributed by atoms with Gasteiger partial charge in [0, 0.05) is 11.1 Å². The van der Waals surface area contributed by atoms with Gasteiger partial charge in [0.15, 0.2) is 23.1 Å². The van der Waals surface area contributed by atoms with Crippen molar-refractivity contribution in [1.29, 1.82) is 0 Å². The first-order valence-corrected chi connectivity index (χ1v) is 8.76. The van der Waals surface area contributed by atoms with Gasteiger partial charge < -0.3 is 9.47 Å². The Bertz CT molecular complexity index is 842. The first kappa shape index (κ1) is 17.9. The highest BCUT2D eigenvalue weighted by molar-refractivity contribution is 6.41. The highest BCUT2D eigenvalue weighted by atomic mass is 16.5. The number of hydrogen-bond donors (Lipinski definition) is 0. The number of Topliss-reactive ketones (excluding diaryl/α,β-unsaturated/α-hetero) is 2. The summed E-state index contributed by atoms with van der Waals surface area (Å²) >= 11 is 0. The van der Waals surface area contributed by atoms with Gasteiger partial charge in [-0.05, 0) is 29.7 Å². The molecule has 4 nitrogen and oxygen atoms in total. The highest BCUT2D eigenvalue weighted by Crippen LogP contribution is 2.32. The number of rotatable bonds is 6. The summed E-state index contributed by atoms with van der Waals surface area (Å²) in [7, 11) is 1.57. The lowest BCUT2D eigenvalue weighted by atomic mass is 10.1. The fourth-order valence-electron chi connectivity index (χ4n) is 2.81. The number of methoxy groups -OCH3 is 1. The molecule has 0 spiro atoms. The minimum Gasteiger partial charge on any atom is -0.493 e. The molecule has 0 N–H and O–H groups in total. The maximum Gasteiger partial charge on any atom is 0.197 e. The fourth-order valence-corrected chi connectivity index (χ4v) is 2.81. The van der Waals surface area contributed by atoms with Crippen LogP contribution in [0.15, 0.2) is 48.0 Å². The molecular weight excluding hydrogens is 328 g/mol. The standard InChI is InChI=1S/C22H22O4/c1-4-14(2)13-26-19-10-9-15(12-20(19)25-3)11-18-21(23)16-7-5-6-8-17(16)22(18)24/h5-12,14H,4,13H2,1-3H3/t14-/m0/s1. The van der Waals surface area contributed by atoms with Crippen LogP contribution in [0.3, 0.4) is 0 Å². The largest absolute Gasteiger partial charge is 0.493 e. The average molecular weight is 350 g/mol. The summed E-state index contributed by atoms with van der Waals surface area (Å²) in [5, 5.41) is 0. The van der Waals surface area contributed by atoms with Crippen LogP contribution in [0, 0.1) is 5.92 Å². The Hall–Kier alpha value is -2.88. The van der Waals surface area contributed by atoms with Crippen LogP contribution in [0.25, 0.3) is 6.08 Å². The molecule has 0 amide bonds. The van der Waals surface area contributed by atoms with Gasteiger partial charge in [-0.25, -0.2) is 0 Å². The van der Waals surface area contributed by atoms with E-state index in [0.717, 1.165) is 12.0 Å². The molecule has 0 heterocycles. The molecule has 0 radical (unpaired) electrons. The van der Waals surface area contributed by atoms with Gasteiger partial charge in [-0.1, -0.05) is 50.6 Å². The quantitative estimate of drug-likeness (QED) is 0.565. The summed E-state index contributed by atoms with van der Waals surface area (Å²) in [5.74, 6) is 1.22. The third-order valence-corrected chi connectivity index (χ3v) is 4.62. The van der Waals surface area contributed by atoms with E-state index in [1.165, 1.54) is 0 Å². The van der Waals surface area contributed by atoms with Crippen LogP contribution in [0.1, 0.15) is 46.5 Å². The molecule has 2 aromatic carbocycles. The first-order valence-electron chi connectivity index (χ1n) is 8.76. The molecule has 2 aromatic rings. The lowest BCUT2D eigenvalue weighted by Gasteiger charge is -2.14. The number of fused-ring (bicyclic) bond motifs is 1. The van der Waals surface area contributed by atoms with E-state index in [9.17, 15) is 9.59 Å². The maximum atomic E-state index is 12.5. The SMILES string of the molecule is CC[C@H](C)COc1ccc(C=C2C(=O)c3ccccc3C2=O)cc1OC. The molecule has 0 saturated carbocycles. The average Bonchev–Trinajstić information content (AvgIpc) is 2.91. The van der Waals surface area contributed by atoms with Crippen molar-refractivity contribution in [2.45, 2.75) is 20.3 Å². The Morgan fingerprint density at radius 3 is 2.23 bits per heavy atom. The molecule has 1 aliphatic rings. The van der Waals surface area contributed by atoms with Gasteiger partial charge in [0.05, 0.1) is 19.3 Å². The number of carbonyl (C=O) groups is 2. The minimum absolute atomic E-state index is 0.182. The molecule has 0 unspecified atom stereocenters. The predicted molar refractivity (Wildman–Crippen MR) is 101 cm³/mol. The number of hydrogen-bond acceptors (Lipinski definition) is 4. The summed E-state index contributed by atoms with van der Waals surface area (Å²) in [6, 6.07) is 12.3. The molecule has 3 rings (SSSR count). The number of allylic oxidation sites excluding steroid dienone is 1. The summed E-state index contributed by atoms with van der Waals surface area (Å²) in [6.07, 6.45) is 2.66. The second kappa shape index (κ2) is 7.56. The highest BCUT2D eigenvalue weighted by Gasteiger charge is 2.32. The lowest BCUT2D eigenvalue weighted by molar-refractivity contribution is 0.0990. The molecule has 0 aliphatic heterocycles.